The Hall–Kier alpha value is -1.10. The minimum absolute atomic E-state index is 0.406. The van der Waals surface area contributed by atoms with Crippen molar-refractivity contribution < 1.29 is 0 Å². The van der Waals surface area contributed by atoms with Crippen LogP contribution in [0.25, 0.3) is 0 Å². The van der Waals surface area contributed by atoms with E-state index in [9.17, 15) is 0 Å². The van der Waals surface area contributed by atoms with E-state index >= 15 is 0 Å². The zero-order valence-corrected chi connectivity index (χ0v) is 10.9. The highest BCUT2D eigenvalue weighted by Gasteiger charge is 2.14. The lowest BCUT2D eigenvalue weighted by Crippen LogP contribution is -2.33. The van der Waals surface area contributed by atoms with Gasteiger partial charge in [0.1, 0.15) is 11.6 Å². The van der Waals surface area contributed by atoms with Crippen LogP contribution in [0.2, 0.25) is 0 Å². The molecule has 0 spiro atoms. The minimum atomic E-state index is 0.406. The first-order valence-corrected chi connectivity index (χ1v) is 6.73. The summed E-state index contributed by atoms with van der Waals surface area (Å²) in [4.78, 5) is 6.45. The molecule has 1 heterocycles. The summed E-state index contributed by atoms with van der Waals surface area (Å²) in [6, 6.07) is 4.19. The van der Waals surface area contributed by atoms with Crippen LogP contribution >= 0.6 is 11.8 Å². The fraction of sp³-hybridized carbons (Fsp3) is 0.545. The van der Waals surface area contributed by atoms with E-state index in [1.54, 1.807) is 6.07 Å². The molecule has 1 unspecified atom stereocenters. The van der Waals surface area contributed by atoms with Gasteiger partial charge in [0.25, 0.3) is 0 Å². The van der Waals surface area contributed by atoms with Gasteiger partial charge in [0.05, 0.1) is 5.69 Å². The largest absolute Gasteiger partial charge is 0.396 e. The number of rotatable bonds is 5. The van der Waals surface area contributed by atoms with Crippen LogP contribution in [-0.2, 0) is 0 Å². The highest BCUT2D eigenvalue weighted by molar-refractivity contribution is 7.98. The molecule has 0 radical (unpaired) electrons. The van der Waals surface area contributed by atoms with E-state index in [0.29, 0.717) is 17.5 Å². The van der Waals surface area contributed by atoms with Gasteiger partial charge in [0, 0.05) is 18.8 Å². The van der Waals surface area contributed by atoms with Crippen LogP contribution < -0.4 is 16.4 Å². The van der Waals surface area contributed by atoms with Gasteiger partial charge in [0.2, 0.25) is 0 Å². The fourth-order valence-electron chi connectivity index (χ4n) is 1.55. The van der Waals surface area contributed by atoms with Crippen LogP contribution in [0, 0.1) is 0 Å². The molecule has 1 aromatic rings. The molecular weight excluding hydrogens is 220 g/mol. The van der Waals surface area contributed by atoms with E-state index in [1.807, 2.05) is 24.9 Å². The number of nitrogens with two attached hydrogens (primary N) is 2. The lowest BCUT2D eigenvalue weighted by Gasteiger charge is -2.28. The van der Waals surface area contributed by atoms with E-state index < -0.39 is 0 Å². The van der Waals surface area contributed by atoms with Crippen LogP contribution in [0.5, 0.6) is 0 Å². The van der Waals surface area contributed by atoms with Gasteiger partial charge in [0.15, 0.2) is 0 Å². The number of pyridine rings is 1. The number of nitrogens with zero attached hydrogens (tertiary/aromatic N) is 2. The van der Waals surface area contributed by atoms with Gasteiger partial charge in [-0.05, 0) is 24.8 Å². The van der Waals surface area contributed by atoms with Gasteiger partial charge in [-0.3, -0.25) is 0 Å². The lowest BCUT2D eigenvalue weighted by atomic mass is 10.2. The van der Waals surface area contributed by atoms with Crippen LogP contribution in [0.15, 0.2) is 12.1 Å². The molecule has 0 saturated carbocycles. The van der Waals surface area contributed by atoms with Gasteiger partial charge < -0.3 is 16.4 Å². The second-order valence-electron chi connectivity index (χ2n) is 3.77. The van der Waals surface area contributed by atoms with E-state index in [-0.39, 0.29) is 0 Å². The first-order chi connectivity index (χ1) is 7.60. The molecule has 0 amide bonds. The summed E-state index contributed by atoms with van der Waals surface area (Å²) in [5.74, 6) is 2.37. The molecule has 1 aromatic heterocycles. The molecule has 90 valence electrons. The van der Waals surface area contributed by atoms with Gasteiger partial charge in [-0.2, -0.15) is 11.8 Å². The minimum Gasteiger partial charge on any atom is -0.396 e. The molecule has 5 heteroatoms. The molecule has 4 N–H and O–H groups in total. The second kappa shape index (κ2) is 5.84. The smallest absolute Gasteiger partial charge is 0.149 e. The summed E-state index contributed by atoms with van der Waals surface area (Å²) in [5, 5.41) is 0. The summed E-state index contributed by atoms with van der Waals surface area (Å²) >= 11 is 1.84. The molecular formula is C11H20N4S. The molecule has 16 heavy (non-hydrogen) atoms. The third-order valence-corrected chi connectivity index (χ3v) is 3.40. The van der Waals surface area contributed by atoms with Crippen LogP contribution in [0.3, 0.4) is 0 Å². The van der Waals surface area contributed by atoms with Crippen LogP contribution in [-0.4, -0.2) is 30.1 Å². The van der Waals surface area contributed by atoms with Crippen molar-refractivity contribution in [1.82, 2.24) is 4.98 Å². The maximum absolute atomic E-state index is 5.71. The number of aromatic nitrogens is 1. The molecule has 0 aliphatic rings. The predicted octanol–water partition coefficient (Wildman–Crippen LogP) is 1.82. The lowest BCUT2D eigenvalue weighted by molar-refractivity contribution is 0.666. The van der Waals surface area contributed by atoms with Crippen molar-refractivity contribution in [3.63, 3.8) is 0 Å². The molecule has 0 aliphatic heterocycles. The normalized spacial score (nSPS) is 12.4. The maximum atomic E-state index is 5.71. The molecule has 0 fully saturated rings. The molecule has 1 atom stereocenters. The SMILES string of the molecule is CCC(CSC)N(C)c1ccc(N)c(N)n1. The van der Waals surface area contributed by atoms with Gasteiger partial charge >= 0.3 is 0 Å². The highest BCUT2D eigenvalue weighted by Crippen LogP contribution is 2.20. The highest BCUT2D eigenvalue weighted by atomic mass is 32.2. The number of thioether (sulfide) groups is 1. The Balaban J connectivity index is 2.85. The summed E-state index contributed by atoms with van der Waals surface area (Å²) in [6.07, 6.45) is 3.20. The van der Waals surface area contributed by atoms with Gasteiger partial charge in [-0.1, -0.05) is 6.92 Å². The molecule has 0 bridgehead atoms. The molecule has 0 saturated heterocycles. The summed E-state index contributed by atoms with van der Waals surface area (Å²) in [5.41, 5.74) is 11.9. The first kappa shape index (κ1) is 13.0. The van der Waals surface area contributed by atoms with Gasteiger partial charge in [-0.15, -0.1) is 0 Å². The van der Waals surface area contributed by atoms with Crippen LogP contribution in [0.4, 0.5) is 17.3 Å². The van der Waals surface area contributed by atoms with Crippen molar-refractivity contribution in [1.29, 1.82) is 0 Å². The molecule has 0 aliphatic carbocycles. The molecule has 4 nitrogen and oxygen atoms in total. The first-order valence-electron chi connectivity index (χ1n) is 5.33. The standard InChI is InChI=1S/C11H20N4S/c1-4-8(7-16-3)15(2)10-6-5-9(12)11(13)14-10/h5-6,8H,4,7,12H2,1-3H3,(H2,13,14). The number of hydrogen-bond acceptors (Lipinski definition) is 5. The topological polar surface area (TPSA) is 68.2 Å². The Morgan fingerprint density at radius 2 is 2.12 bits per heavy atom. The van der Waals surface area contributed by atoms with Crippen molar-refractivity contribution in [3.8, 4) is 0 Å². The van der Waals surface area contributed by atoms with Crippen molar-refractivity contribution in [2.75, 3.05) is 35.4 Å². The Kier molecular flexibility index (Phi) is 4.73. The predicted molar refractivity (Wildman–Crippen MR) is 73.9 cm³/mol. The van der Waals surface area contributed by atoms with Crippen molar-refractivity contribution in [3.05, 3.63) is 12.1 Å². The Labute approximate surface area is 101 Å². The number of anilines is 3. The monoisotopic (exact) mass is 240 g/mol. The van der Waals surface area contributed by atoms with E-state index in [1.165, 1.54) is 0 Å². The molecule has 1 rings (SSSR count). The maximum Gasteiger partial charge on any atom is 0.149 e. The zero-order chi connectivity index (χ0) is 12.1. The van der Waals surface area contributed by atoms with Crippen molar-refractivity contribution in [2.45, 2.75) is 19.4 Å². The average Bonchev–Trinajstić information content (AvgIpc) is 2.28. The van der Waals surface area contributed by atoms with E-state index in [4.69, 9.17) is 11.5 Å². The Bertz CT molecular complexity index is 343. The Morgan fingerprint density at radius 1 is 1.44 bits per heavy atom. The third-order valence-electron chi connectivity index (χ3n) is 2.68. The summed E-state index contributed by atoms with van der Waals surface area (Å²) in [7, 11) is 2.04. The van der Waals surface area contributed by atoms with Crippen molar-refractivity contribution >= 4 is 29.1 Å². The van der Waals surface area contributed by atoms with E-state index in [0.717, 1.165) is 18.0 Å². The van der Waals surface area contributed by atoms with E-state index in [2.05, 4.69) is 23.1 Å². The summed E-state index contributed by atoms with van der Waals surface area (Å²) in [6.45, 7) is 2.18. The Morgan fingerprint density at radius 3 is 2.62 bits per heavy atom. The quantitative estimate of drug-likeness (QED) is 0.821. The fourth-order valence-corrected chi connectivity index (χ4v) is 2.40. The third kappa shape index (κ3) is 2.95. The number of nitrogen functional groups attached to an aromatic ring is 2. The second-order valence-corrected chi connectivity index (χ2v) is 4.68. The number of hydrogen-bond donors (Lipinski definition) is 2. The molecule has 0 aromatic carbocycles. The zero-order valence-electron chi connectivity index (χ0n) is 10.1. The van der Waals surface area contributed by atoms with Gasteiger partial charge in [-0.25, -0.2) is 4.98 Å². The van der Waals surface area contributed by atoms with Crippen LogP contribution in [0.1, 0.15) is 13.3 Å². The average molecular weight is 240 g/mol. The van der Waals surface area contributed by atoms with Crippen molar-refractivity contribution in [2.24, 2.45) is 0 Å². The summed E-state index contributed by atoms with van der Waals surface area (Å²) < 4.78 is 0.